The molecule has 0 unspecified atom stereocenters. The summed E-state index contributed by atoms with van der Waals surface area (Å²) >= 11 is 0. The molecule has 0 N–H and O–H groups in total. The fourth-order valence-electron chi connectivity index (χ4n) is 4.39. The summed E-state index contributed by atoms with van der Waals surface area (Å²) in [7, 11) is 0. The van der Waals surface area contributed by atoms with Crippen molar-refractivity contribution in [2.45, 2.75) is 5.41 Å². The number of rotatable bonds is 5. The van der Waals surface area contributed by atoms with Crippen LogP contribution in [0.3, 0.4) is 0 Å². The van der Waals surface area contributed by atoms with E-state index in [9.17, 15) is 0 Å². The zero-order chi connectivity index (χ0) is 20.2. The van der Waals surface area contributed by atoms with Crippen molar-refractivity contribution >= 4 is 0 Å². The summed E-state index contributed by atoms with van der Waals surface area (Å²) in [5.74, 6) is 0.881. The van der Waals surface area contributed by atoms with Gasteiger partial charge in [-0.3, -0.25) is 0 Å². The highest BCUT2D eigenvalue weighted by Gasteiger charge is 2.38. The number of hydrogen-bond acceptors (Lipinski definition) is 1. The Morgan fingerprint density at radius 1 is 0.400 bits per heavy atom. The van der Waals surface area contributed by atoms with Gasteiger partial charge in [0.25, 0.3) is 0 Å². The monoisotopic (exact) mass is 386 g/mol. The Hall–Kier alpha value is -3.84. The molecule has 0 fully saturated rings. The summed E-state index contributed by atoms with van der Waals surface area (Å²) in [4.78, 5) is 0. The topological polar surface area (TPSA) is 13.1 Å². The molecule has 0 radical (unpaired) electrons. The average Bonchev–Trinajstić information content (AvgIpc) is 3.37. The van der Waals surface area contributed by atoms with Crippen molar-refractivity contribution in [3.8, 4) is 11.3 Å². The van der Waals surface area contributed by atoms with Gasteiger partial charge in [0.1, 0.15) is 5.76 Å². The van der Waals surface area contributed by atoms with Gasteiger partial charge in [-0.2, -0.15) is 0 Å². The van der Waals surface area contributed by atoms with Crippen molar-refractivity contribution in [3.05, 3.63) is 156 Å². The largest absolute Gasteiger partial charge is 0.464 e. The van der Waals surface area contributed by atoms with Crippen LogP contribution in [0.5, 0.6) is 0 Å². The average molecular weight is 386 g/mol. The highest BCUT2D eigenvalue weighted by molar-refractivity contribution is 5.63. The Kier molecular flexibility index (Phi) is 4.78. The van der Waals surface area contributed by atoms with Crippen LogP contribution in [0.4, 0.5) is 0 Å². The van der Waals surface area contributed by atoms with E-state index in [1.54, 1.807) is 6.26 Å². The van der Waals surface area contributed by atoms with E-state index in [4.69, 9.17) is 4.42 Å². The van der Waals surface area contributed by atoms with Crippen molar-refractivity contribution < 1.29 is 4.42 Å². The molecule has 0 saturated heterocycles. The quantitative estimate of drug-likeness (QED) is 0.288. The molecule has 0 spiro atoms. The summed E-state index contributed by atoms with van der Waals surface area (Å²) in [6.45, 7) is 0. The number of benzene rings is 4. The molecule has 30 heavy (non-hydrogen) atoms. The van der Waals surface area contributed by atoms with Crippen LogP contribution in [0, 0.1) is 0 Å². The van der Waals surface area contributed by atoms with Gasteiger partial charge < -0.3 is 4.42 Å². The van der Waals surface area contributed by atoms with Crippen LogP contribution in [0.2, 0.25) is 0 Å². The van der Waals surface area contributed by atoms with Gasteiger partial charge >= 0.3 is 0 Å². The molecule has 5 aromatic rings. The van der Waals surface area contributed by atoms with Gasteiger partial charge in [0.2, 0.25) is 0 Å². The summed E-state index contributed by atoms with van der Waals surface area (Å²) in [5, 5.41) is 0. The van der Waals surface area contributed by atoms with Crippen LogP contribution in [0.15, 0.2) is 138 Å². The maximum Gasteiger partial charge on any atom is 0.133 e. The Morgan fingerprint density at radius 2 is 0.833 bits per heavy atom. The summed E-state index contributed by atoms with van der Waals surface area (Å²) in [6.07, 6.45) is 1.71. The highest BCUT2D eigenvalue weighted by atomic mass is 16.3. The second-order valence-corrected chi connectivity index (χ2v) is 7.40. The van der Waals surface area contributed by atoms with Crippen LogP contribution >= 0.6 is 0 Å². The zero-order valence-corrected chi connectivity index (χ0v) is 16.6. The van der Waals surface area contributed by atoms with Crippen LogP contribution < -0.4 is 0 Å². The minimum Gasteiger partial charge on any atom is -0.464 e. The normalized spacial score (nSPS) is 11.3. The number of hydrogen-bond donors (Lipinski definition) is 0. The third-order valence-electron chi connectivity index (χ3n) is 5.74. The van der Waals surface area contributed by atoms with E-state index in [-0.39, 0.29) is 0 Å². The molecule has 5 rings (SSSR count). The standard InChI is InChI=1S/C29H22O/c1-4-11-24(12-5-1)29(25-13-6-2-7-14-25,26-15-8-3-9-16-26)27-20-18-23(19-21-27)28-17-10-22-30-28/h1-22H. The lowest BCUT2D eigenvalue weighted by molar-refractivity contribution is 0.582. The van der Waals surface area contributed by atoms with Gasteiger partial charge in [-0.15, -0.1) is 0 Å². The van der Waals surface area contributed by atoms with Crippen molar-refractivity contribution in [2.75, 3.05) is 0 Å². The van der Waals surface area contributed by atoms with Crippen molar-refractivity contribution in [3.63, 3.8) is 0 Å². The molecule has 1 aromatic heterocycles. The second-order valence-electron chi connectivity index (χ2n) is 7.40. The van der Waals surface area contributed by atoms with E-state index in [0.29, 0.717) is 0 Å². The minimum absolute atomic E-state index is 0.411. The first-order chi connectivity index (χ1) is 14.9. The van der Waals surface area contributed by atoms with Crippen molar-refractivity contribution in [1.82, 2.24) is 0 Å². The lowest BCUT2D eigenvalue weighted by atomic mass is 9.65. The Labute approximate surface area is 177 Å². The summed E-state index contributed by atoms with van der Waals surface area (Å²) in [6, 6.07) is 44.9. The molecule has 1 heterocycles. The Balaban J connectivity index is 1.80. The first-order valence-electron chi connectivity index (χ1n) is 10.2. The van der Waals surface area contributed by atoms with E-state index >= 15 is 0 Å². The van der Waals surface area contributed by atoms with Gasteiger partial charge in [0.05, 0.1) is 11.7 Å². The lowest BCUT2D eigenvalue weighted by Crippen LogP contribution is -2.30. The minimum atomic E-state index is -0.411. The summed E-state index contributed by atoms with van der Waals surface area (Å²) < 4.78 is 5.60. The van der Waals surface area contributed by atoms with Crippen LogP contribution in [-0.2, 0) is 5.41 Å². The molecule has 1 nitrogen and oxygen atoms in total. The van der Waals surface area contributed by atoms with Gasteiger partial charge in [-0.1, -0.05) is 115 Å². The van der Waals surface area contributed by atoms with Gasteiger partial charge in [0, 0.05) is 5.56 Å². The van der Waals surface area contributed by atoms with Crippen LogP contribution in [0.25, 0.3) is 11.3 Å². The predicted molar refractivity (Wildman–Crippen MR) is 122 cm³/mol. The fourth-order valence-corrected chi connectivity index (χ4v) is 4.39. The molecule has 0 amide bonds. The van der Waals surface area contributed by atoms with Gasteiger partial charge in [-0.25, -0.2) is 0 Å². The molecule has 0 aliphatic rings. The fraction of sp³-hybridized carbons (Fsp3) is 0.0345. The smallest absolute Gasteiger partial charge is 0.133 e. The zero-order valence-electron chi connectivity index (χ0n) is 16.6. The highest BCUT2D eigenvalue weighted by Crippen LogP contribution is 2.45. The molecule has 0 saturated carbocycles. The van der Waals surface area contributed by atoms with E-state index < -0.39 is 5.41 Å². The Bertz CT molecular complexity index is 1090. The molecule has 0 aliphatic carbocycles. The molecular weight excluding hydrogens is 364 g/mol. The van der Waals surface area contributed by atoms with Gasteiger partial charge in [-0.05, 0) is 34.4 Å². The van der Waals surface area contributed by atoms with E-state index in [0.717, 1.165) is 11.3 Å². The first-order valence-corrected chi connectivity index (χ1v) is 10.2. The maximum absolute atomic E-state index is 5.60. The van der Waals surface area contributed by atoms with E-state index in [1.165, 1.54) is 22.3 Å². The molecular formula is C29H22O. The van der Waals surface area contributed by atoms with Crippen LogP contribution in [-0.4, -0.2) is 0 Å². The van der Waals surface area contributed by atoms with Crippen LogP contribution in [0.1, 0.15) is 22.3 Å². The van der Waals surface area contributed by atoms with Gasteiger partial charge in [0.15, 0.2) is 0 Å². The molecule has 1 heteroatoms. The SMILES string of the molecule is c1ccc(C(c2ccccc2)(c2ccccc2)c2ccc(-c3ccco3)cc2)cc1. The van der Waals surface area contributed by atoms with Crippen molar-refractivity contribution in [1.29, 1.82) is 0 Å². The molecule has 0 aliphatic heterocycles. The number of furan rings is 1. The molecule has 0 bridgehead atoms. The molecule has 0 atom stereocenters. The van der Waals surface area contributed by atoms with Crippen molar-refractivity contribution in [2.24, 2.45) is 0 Å². The molecule has 144 valence electrons. The maximum atomic E-state index is 5.60. The summed E-state index contributed by atoms with van der Waals surface area (Å²) in [5.41, 5.74) is 5.62. The Morgan fingerprint density at radius 3 is 1.23 bits per heavy atom. The lowest BCUT2D eigenvalue weighted by Gasteiger charge is -2.37. The second kappa shape index (κ2) is 7.88. The van der Waals surface area contributed by atoms with E-state index in [2.05, 4.69) is 115 Å². The first kappa shape index (κ1) is 18.2. The third kappa shape index (κ3) is 3.05. The van der Waals surface area contributed by atoms with E-state index in [1.807, 2.05) is 12.1 Å². The molecule has 4 aromatic carbocycles. The third-order valence-corrected chi connectivity index (χ3v) is 5.74. The predicted octanol–water partition coefficient (Wildman–Crippen LogP) is 7.33.